The van der Waals surface area contributed by atoms with E-state index in [1.54, 1.807) is 7.11 Å². The van der Waals surface area contributed by atoms with E-state index >= 15 is 0 Å². The van der Waals surface area contributed by atoms with Crippen molar-refractivity contribution in [2.45, 2.75) is 77.6 Å². The molecule has 26 heavy (non-hydrogen) atoms. The van der Waals surface area contributed by atoms with E-state index in [1.807, 2.05) is 0 Å². The summed E-state index contributed by atoms with van der Waals surface area (Å²) in [7, 11) is 1.67. The van der Waals surface area contributed by atoms with E-state index in [2.05, 4.69) is 45.0 Å². The highest BCUT2D eigenvalue weighted by atomic mass is 16.6. The first-order valence-corrected chi connectivity index (χ1v) is 10.2. The van der Waals surface area contributed by atoms with Gasteiger partial charge in [-0.1, -0.05) is 38.9 Å². The van der Waals surface area contributed by atoms with Crippen molar-refractivity contribution in [2.24, 2.45) is 22.4 Å². The third kappa shape index (κ3) is 2.58. The highest BCUT2D eigenvalue weighted by Gasteiger charge is 2.53. The smallest absolute Gasteiger partial charge is 0.119 e. The Labute approximate surface area is 157 Å². The van der Waals surface area contributed by atoms with Crippen LogP contribution in [0.4, 0.5) is 0 Å². The van der Waals surface area contributed by atoms with E-state index in [4.69, 9.17) is 4.84 Å². The Bertz CT molecular complexity index is 745. The topological polar surface area (TPSA) is 41.8 Å². The van der Waals surface area contributed by atoms with E-state index in [-0.39, 0.29) is 10.8 Å². The zero-order chi connectivity index (χ0) is 18.7. The number of hydrogen-bond acceptors (Lipinski definition) is 3. The predicted octanol–water partition coefficient (Wildman–Crippen LogP) is 5.55. The van der Waals surface area contributed by atoms with Crippen LogP contribution in [0.15, 0.2) is 17.3 Å². The molecule has 0 saturated heterocycles. The van der Waals surface area contributed by atoms with E-state index < -0.39 is 0 Å². The van der Waals surface area contributed by atoms with Gasteiger partial charge in [0.05, 0.1) is 5.71 Å². The van der Waals surface area contributed by atoms with Gasteiger partial charge in [0.2, 0.25) is 0 Å². The summed E-state index contributed by atoms with van der Waals surface area (Å²) in [5.74, 6) is 2.57. The summed E-state index contributed by atoms with van der Waals surface area (Å²) in [6, 6.07) is 4.40. The lowest BCUT2D eigenvalue weighted by atomic mass is 9.55. The standard InChI is InChI=1S/C23H33NO2/c1-22(2,3)19-13-17-14(12-20(19)25)6-7-16-15(17)10-11-23(4)18(16)8-9-21(23)24-26-5/h12-13,15-16,18,25H,6-11H2,1-5H3/b24-21+/t15-,16+,18-,23-/m0/s1. The van der Waals surface area contributed by atoms with Crippen LogP contribution in [0.3, 0.4) is 0 Å². The van der Waals surface area contributed by atoms with Crippen LogP contribution < -0.4 is 0 Å². The first-order valence-electron chi connectivity index (χ1n) is 10.2. The van der Waals surface area contributed by atoms with Crippen molar-refractivity contribution in [3.05, 3.63) is 28.8 Å². The van der Waals surface area contributed by atoms with E-state index in [0.717, 1.165) is 30.2 Å². The molecule has 3 nitrogen and oxygen atoms in total. The van der Waals surface area contributed by atoms with Gasteiger partial charge in [0.15, 0.2) is 0 Å². The first-order chi connectivity index (χ1) is 12.3. The largest absolute Gasteiger partial charge is 0.508 e. The summed E-state index contributed by atoms with van der Waals surface area (Å²) in [6.07, 6.45) is 7.10. The molecule has 1 N–H and O–H groups in total. The molecule has 1 aromatic rings. The molecule has 0 unspecified atom stereocenters. The van der Waals surface area contributed by atoms with Gasteiger partial charge in [0, 0.05) is 5.41 Å². The Kier molecular flexibility index (Phi) is 4.13. The van der Waals surface area contributed by atoms with Gasteiger partial charge < -0.3 is 9.94 Å². The second kappa shape index (κ2) is 6.00. The quantitative estimate of drug-likeness (QED) is 0.671. The molecule has 0 radical (unpaired) electrons. The Morgan fingerprint density at radius 2 is 1.92 bits per heavy atom. The van der Waals surface area contributed by atoms with Crippen LogP contribution in [-0.4, -0.2) is 17.9 Å². The molecule has 0 heterocycles. The lowest BCUT2D eigenvalue weighted by Gasteiger charge is -2.49. The summed E-state index contributed by atoms with van der Waals surface area (Å²) < 4.78 is 0. The fraction of sp³-hybridized carbons (Fsp3) is 0.696. The van der Waals surface area contributed by atoms with Gasteiger partial charge in [0.1, 0.15) is 12.9 Å². The highest BCUT2D eigenvalue weighted by Crippen LogP contribution is 2.60. The van der Waals surface area contributed by atoms with Gasteiger partial charge >= 0.3 is 0 Å². The van der Waals surface area contributed by atoms with Gasteiger partial charge in [-0.3, -0.25) is 0 Å². The SMILES string of the molecule is CO/N=C1\CC[C@H]2[C@@H]3CCc4cc(O)c(C(C)(C)C)cc4[C@H]3CC[C@]12C. The third-order valence-electron chi connectivity index (χ3n) is 7.59. The van der Waals surface area contributed by atoms with Crippen LogP contribution in [0.1, 0.15) is 82.4 Å². The summed E-state index contributed by atoms with van der Waals surface area (Å²) in [4.78, 5) is 5.16. The predicted molar refractivity (Wildman–Crippen MR) is 106 cm³/mol. The maximum atomic E-state index is 10.6. The number of oxime groups is 1. The van der Waals surface area contributed by atoms with Crippen molar-refractivity contribution in [2.75, 3.05) is 7.11 Å². The summed E-state index contributed by atoms with van der Waals surface area (Å²) in [6.45, 7) is 9.00. The Balaban J connectivity index is 1.72. The number of hydrogen-bond donors (Lipinski definition) is 1. The normalized spacial score (nSPS) is 35.0. The van der Waals surface area contributed by atoms with Gasteiger partial charge in [-0.05, 0) is 84.5 Å². The molecule has 1 aromatic carbocycles. The molecule has 4 atom stereocenters. The average Bonchev–Trinajstić information content (AvgIpc) is 2.90. The number of rotatable bonds is 1. The van der Waals surface area contributed by atoms with Crippen LogP contribution in [0.2, 0.25) is 0 Å². The molecular weight excluding hydrogens is 322 g/mol. The summed E-state index contributed by atoms with van der Waals surface area (Å²) >= 11 is 0. The van der Waals surface area contributed by atoms with Crippen molar-refractivity contribution in [3.63, 3.8) is 0 Å². The van der Waals surface area contributed by atoms with Gasteiger partial charge in [-0.25, -0.2) is 0 Å². The van der Waals surface area contributed by atoms with Crippen LogP contribution >= 0.6 is 0 Å². The lowest BCUT2D eigenvalue weighted by molar-refractivity contribution is 0.0923. The van der Waals surface area contributed by atoms with E-state index in [0.29, 0.717) is 11.7 Å². The van der Waals surface area contributed by atoms with E-state index in [9.17, 15) is 5.11 Å². The molecule has 2 saturated carbocycles. The van der Waals surface area contributed by atoms with Crippen molar-refractivity contribution in [3.8, 4) is 5.75 Å². The molecule has 142 valence electrons. The van der Waals surface area contributed by atoms with Crippen molar-refractivity contribution >= 4 is 5.71 Å². The maximum Gasteiger partial charge on any atom is 0.119 e. The molecule has 2 fully saturated rings. The number of aryl methyl sites for hydroxylation is 1. The molecule has 0 spiro atoms. The molecule has 3 aliphatic rings. The number of benzene rings is 1. The third-order valence-corrected chi connectivity index (χ3v) is 7.59. The van der Waals surface area contributed by atoms with Gasteiger partial charge in [-0.2, -0.15) is 0 Å². The summed E-state index contributed by atoms with van der Waals surface area (Å²) in [5, 5.41) is 15.0. The summed E-state index contributed by atoms with van der Waals surface area (Å²) in [5.41, 5.74) is 5.47. The van der Waals surface area contributed by atoms with Crippen LogP contribution in [0.25, 0.3) is 0 Å². The second-order valence-electron chi connectivity index (χ2n) is 9.95. The fourth-order valence-corrected chi connectivity index (χ4v) is 6.26. The lowest BCUT2D eigenvalue weighted by Crippen LogP contribution is -2.42. The zero-order valence-corrected chi connectivity index (χ0v) is 16.9. The average molecular weight is 356 g/mol. The number of fused-ring (bicyclic) bond motifs is 5. The molecule has 0 amide bonds. The number of phenolic OH excluding ortho intramolecular Hbond substituents is 1. The molecule has 0 aromatic heterocycles. The molecule has 0 bridgehead atoms. The minimum atomic E-state index is -0.0269. The molecule has 4 rings (SSSR count). The van der Waals surface area contributed by atoms with Gasteiger partial charge in [-0.15, -0.1) is 0 Å². The first kappa shape index (κ1) is 17.9. The van der Waals surface area contributed by atoms with Crippen LogP contribution in [-0.2, 0) is 16.7 Å². The number of phenols is 1. The van der Waals surface area contributed by atoms with Gasteiger partial charge in [0.25, 0.3) is 0 Å². The minimum Gasteiger partial charge on any atom is -0.508 e. The molecule has 0 aliphatic heterocycles. The monoisotopic (exact) mass is 355 g/mol. The molecule has 3 aliphatic carbocycles. The Hall–Kier alpha value is -1.51. The maximum absolute atomic E-state index is 10.6. The Morgan fingerprint density at radius 3 is 2.62 bits per heavy atom. The number of nitrogens with zero attached hydrogens (tertiary/aromatic N) is 1. The van der Waals surface area contributed by atoms with Crippen LogP contribution in [0.5, 0.6) is 5.75 Å². The Morgan fingerprint density at radius 1 is 1.15 bits per heavy atom. The number of aromatic hydroxyl groups is 1. The van der Waals surface area contributed by atoms with Crippen LogP contribution in [0, 0.1) is 17.3 Å². The fourth-order valence-electron chi connectivity index (χ4n) is 6.26. The second-order valence-corrected chi connectivity index (χ2v) is 9.95. The highest BCUT2D eigenvalue weighted by molar-refractivity contribution is 5.92. The minimum absolute atomic E-state index is 0.0269. The van der Waals surface area contributed by atoms with Crippen molar-refractivity contribution < 1.29 is 9.94 Å². The van der Waals surface area contributed by atoms with Crippen molar-refractivity contribution in [1.29, 1.82) is 0 Å². The van der Waals surface area contributed by atoms with E-state index in [1.165, 1.54) is 42.5 Å². The molecule has 3 heteroatoms. The molecular formula is C23H33NO2. The van der Waals surface area contributed by atoms with Crippen molar-refractivity contribution in [1.82, 2.24) is 0 Å². The zero-order valence-electron chi connectivity index (χ0n) is 16.9.